The Labute approximate surface area is 107 Å². The first kappa shape index (κ1) is 12.6. The number of hydrogen-bond donors (Lipinski definition) is 1. The molecule has 94 valence electrons. The van der Waals surface area contributed by atoms with E-state index >= 15 is 0 Å². The van der Waals surface area contributed by atoms with E-state index in [9.17, 15) is 9.90 Å². The molecule has 0 bridgehead atoms. The van der Waals surface area contributed by atoms with Crippen molar-refractivity contribution in [1.29, 1.82) is 0 Å². The molecule has 1 saturated carbocycles. The van der Waals surface area contributed by atoms with Crippen molar-refractivity contribution in [3.05, 3.63) is 22.4 Å². The van der Waals surface area contributed by atoms with Crippen LogP contribution >= 0.6 is 11.3 Å². The van der Waals surface area contributed by atoms with Crippen LogP contribution in [-0.2, 0) is 11.2 Å². The normalized spacial score (nSPS) is 29.1. The van der Waals surface area contributed by atoms with E-state index in [0.29, 0.717) is 0 Å². The fraction of sp³-hybridized carbons (Fsp3) is 0.643. The summed E-state index contributed by atoms with van der Waals surface area (Å²) in [6.45, 7) is 2.21. The third-order valence-electron chi connectivity index (χ3n) is 4.19. The highest BCUT2D eigenvalue weighted by Gasteiger charge is 2.41. The van der Waals surface area contributed by atoms with Gasteiger partial charge in [0.1, 0.15) is 0 Å². The summed E-state index contributed by atoms with van der Waals surface area (Å²) in [5.41, 5.74) is -0.490. The van der Waals surface area contributed by atoms with Crippen LogP contribution in [0.4, 0.5) is 0 Å². The molecule has 0 atom stereocenters. The molecular formula is C14H20O2S. The Morgan fingerprint density at radius 3 is 2.71 bits per heavy atom. The van der Waals surface area contributed by atoms with Gasteiger partial charge in [0.25, 0.3) is 0 Å². The molecule has 0 aromatic carbocycles. The lowest BCUT2D eigenvalue weighted by atomic mass is 9.68. The van der Waals surface area contributed by atoms with Crippen LogP contribution in [0.1, 0.15) is 43.9 Å². The zero-order valence-corrected chi connectivity index (χ0v) is 11.1. The lowest BCUT2D eigenvalue weighted by Gasteiger charge is -2.36. The summed E-state index contributed by atoms with van der Waals surface area (Å²) in [6, 6.07) is 4.06. The molecule has 1 aliphatic carbocycles. The predicted molar refractivity (Wildman–Crippen MR) is 70.3 cm³/mol. The predicted octanol–water partition coefficient (Wildman–Crippen LogP) is 3.96. The fourth-order valence-corrected chi connectivity index (χ4v) is 3.70. The average molecular weight is 252 g/mol. The van der Waals surface area contributed by atoms with Crippen LogP contribution in [0.3, 0.4) is 0 Å². The second-order valence-electron chi connectivity index (χ2n) is 5.19. The second-order valence-corrected chi connectivity index (χ2v) is 6.23. The molecule has 1 fully saturated rings. The molecule has 1 aromatic rings. The van der Waals surface area contributed by atoms with Gasteiger partial charge < -0.3 is 5.11 Å². The summed E-state index contributed by atoms with van der Waals surface area (Å²) in [5.74, 6) is 0.145. The first-order valence-electron chi connectivity index (χ1n) is 6.42. The van der Waals surface area contributed by atoms with Gasteiger partial charge in [0, 0.05) is 4.88 Å². The molecule has 0 unspecified atom stereocenters. The van der Waals surface area contributed by atoms with Gasteiger partial charge in [-0.05, 0) is 49.5 Å². The fourth-order valence-electron chi connectivity index (χ4n) is 2.85. The quantitative estimate of drug-likeness (QED) is 0.880. The van der Waals surface area contributed by atoms with Gasteiger partial charge in [-0.2, -0.15) is 0 Å². The second kappa shape index (κ2) is 5.21. The smallest absolute Gasteiger partial charge is 0.309 e. The van der Waals surface area contributed by atoms with Crippen LogP contribution in [0.2, 0.25) is 0 Å². The average Bonchev–Trinajstić information content (AvgIpc) is 2.82. The summed E-state index contributed by atoms with van der Waals surface area (Å²) in [6.07, 6.45) is 5.75. The molecule has 1 heterocycles. The lowest BCUT2D eigenvalue weighted by Crippen LogP contribution is -2.37. The Morgan fingerprint density at radius 1 is 1.53 bits per heavy atom. The number of rotatable bonds is 4. The van der Waals surface area contributed by atoms with E-state index in [2.05, 4.69) is 13.0 Å². The highest BCUT2D eigenvalue weighted by Crippen LogP contribution is 2.43. The zero-order chi connectivity index (χ0) is 12.3. The van der Waals surface area contributed by atoms with Gasteiger partial charge in [-0.1, -0.05) is 19.4 Å². The van der Waals surface area contributed by atoms with Crippen LogP contribution in [0.25, 0.3) is 0 Å². The third-order valence-corrected chi connectivity index (χ3v) is 5.06. The summed E-state index contributed by atoms with van der Waals surface area (Å²) in [4.78, 5) is 12.8. The number of thiophene rings is 1. The van der Waals surface area contributed by atoms with Crippen molar-refractivity contribution in [1.82, 2.24) is 0 Å². The maximum Gasteiger partial charge on any atom is 0.309 e. The molecule has 2 rings (SSSR count). The summed E-state index contributed by atoms with van der Waals surface area (Å²) >= 11 is 1.68. The van der Waals surface area contributed by atoms with Gasteiger partial charge in [0.2, 0.25) is 0 Å². The number of carboxylic acids is 1. The van der Waals surface area contributed by atoms with Crippen molar-refractivity contribution in [3.8, 4) is 0 Å². The molecular weight excluding hydrogens is 232 g/mol. The molecule has 2 nitrogen and oxygen atoms in total. The monoisotopic (exact) mass is 252 g/mol. The van der Waals surface area contributed by atoms with E-state index in [4.69, 9.17) is 0 Å². The maximum atomic E-state index is 11.6. The van der Waals surface area contributed by atoms with Gasteiger partial charge in [-0.15, -0.1) is 11.3 Å². The van der Waals surface area contributed by atoms with E-state index in [1.807, 2.05) is 11.4 Å². The van der Waals surface area contributed by atoms with Crippen LogP contribution in [-0.4, -0.2) is 11.1 Å². The van der Waals surface area contributed by atoms with Crippen molar-refractivity contribution in [2.24, 2.45) is 11.3 Å². The first-order chi connectivity index (χ1) is 8.16. The molecule has 17 heavy (non-hydrogen) atoms. The largest absolute Gasteiger partial charge is 0.481 e. The number of hydrogen-bond acceptors (Lipinski definition) is 2. The first-order valence-corrected chi connectivity index (χ1v) is 7.30. The SMILES string of the molecule is CCC1CCC(Cc2cccs2)(C(=O)O)CC1. The van der Waals surface area contributed by atoms with E-state index in [1.54, 1.807) is 11.3 Å². The highest BCUT2D eigenvalue weighted by molar-refractivity contribution is 7.09. The molecule has 0 spiro atoms. The minimum atomic E-state index is -0.597. The van der Waals surface area contributed by atoms with Gasteiger partial charge >= 0.3 is 5.97 Å². The van der Waals surface area contributed by atoms with Crippen molar-refractivity contribution in [3.63, 3.8) is 0 Å². The van der Waals surface area contributed by atoms with E-state index < -0.39 is 11.4 Å². The molecule has 0 amide bonds. The summed E-state index contributed by atoms with van der Waals surface area (Å²) < 4.78 is 0. The minimum Gasteiger partial charge on any atom is -0.481 e. The molecule has 0 aliphatic heterocycles. The summed E-state index contributed by atoms with van der Waals surface area (Å²) in [5, 5.41) is 11.6. The number of carbonyl (C=O) groups is 1. The Bertz CT molecular complexity index is 362. The zero-order valence-electron chi connectivity index (χ0n) is 10.3. The maximum absolute atomic E-state index is 11.6. The van der Waals surface area contributed by atoms with Crippen LogP contribution in [0.15, 0.2) is 17.5 Å². The van der Waals surface area contributed by atoms with Crippen molar-refractivity contribution in [2.75, 3.05) is 0 Å². The van der Waals surface area contributed by atoms with Gasteiger partial charge in [-0.3, -0.25) is 4.79 Å². The Hall–Kier alpha value is -0.830. The van der Waals surface area contributed by atoms with Crippen LogP contribution in [0, 0.1) is 11.3 Å². The van der Waals surface area contributed by atoms with Gasteiger partial charge in [0.05, 0.1) is 5.41 Å². The van der Waals surface area contributed by atoms with Crippen LogP contribution < -0.4 is 0 Å². The molecule has 0 radical (unpaired) electrons. The van der Waals surface area contributed by atoms with Gasteiger partial charge in [0.15, 0.2) is 0 Å². The Morgan fingerprint density at radius 2 is 2.24 bits per heavy atom. The van der Waals surface area contributed by atoms with E-state index in [1.165, 1.54) is 11.3 Å². The summed E-state index contributed by atoms with van der Waals surface area (Å²) in [7, 11) is 0. The van der Waals surface area contributed by atoms with E-state index in [-0.39, 0.29) is 0 Å². The minimum absolute atomic E-state index is 0.490. The van der Waals surface area contributed by atoms with Crippen LogP contribution in [0.5, 0.6) is 0 Å². The van der Waals surface area contributed by atoms with Crippen molar-refractivity contribution < 1.29 is 9.90 Å². The molecule has 3 heteroatoms. The Kier molecular flexibility index (Phi) is 3.87. The lowest BCUT2D eigenvalue weighted by molar-refractivity contribution is -0.151. The highest BCUT2D eigenvalue weighted by atomic mass is 32.1. The molecule has 0 saturated heterocycles. The number of aliphatic carboxylic acids is 1. The van der Waals surface area contributed by atoms with Crippen molar-refractivity contribution in [2.45, 2.75) is 45.4 Å². The standard InChI is InChI=1S/C14H20O2S/c1-2-11-5-7-14(8-6-11,13(15)16)10-12-4-3-9-17-12/h3-4,9,11H,2,5-8,10H2,1H3,(H,15,16). The Balaban J connectivity index is 2.09. The molecule has 1 N–H and O–H groups in total. The van der Waals surface area contributed by atoms with Crippen molar-refractivity contribution >= 4 is 17.3 Å². The van der Waals surface area contributed by atoms with E-state index in [0.717, 1.165) is 38.0 Å². The molecule has 1 aliphatic rings. The third kappa shape index (κ3) is 2.71. The molecule has 1 aromatic heterocycles. The topological polar surface area (TPSA) is 37.3 Å². The number of carboxylic acid groups (broad SMARTS) is 1. The van der Waals surface area contributed by atoms with Gasteiger partial charge in [-0.25, -0.2) is 0 Å².